The zero-order valence-corrected chi connectivity index (χ0v) is 17.9. The fourth-order valence-electron chi connectivity index (χ4n) is 3.53. The number of carbonyl (C=O) groups excluding carboxylic acids is 1. The predicted molar refractivity (Wildman–Crippen MR) is 117 cm³/mol. The fourth-order valence-corrected chi connectivity index (χ4v) is 3.53. The number of benzene rings is 2. The Morgan fingerprint density at radius 3 is 2.38 bits per heavy atom. The molecular formula is C22H23FN6O3. The minimum Gasteiger partial charge on any atom is -0.406 e. The zero-order valence-electron chi connectivity index (χ0n) is 17.9. The van der Waals surface area contributed by atoms with Crippen molar-refractivity contribution < 1.29 is 13.6 Å². The van der Waals surface area contributed by atoms with Gasteiger partial charge in [0.15, 0.2) is 0 Å². The van der Waals surface area contributed by atoms with Crippen molar-refractivity contribution in [2.75, 3.05) is 5.73 Å². The van der Waals surface area contributed by atoms with Crippen molar-refractivity contribution >= 4 is 23.1 Å². The highest BCUT2D eigenvalue weighted by Crippen LogP contribution is 2.32. The average Bonchev–Trinajstić information content (AvgIpc) is 3.28. The minimum atomic E-state index is -0.689. The lowest BCUT2D eigenvalue weighted by atomic mass is 9.86. The van der Waals surface area contributed by atoms with E-state index >= 15 is 0 Å². The standard InChI is InChI=1S/C22H23FN6O3/c1-22(2,3)17(18-26-27-19(24)32-18)25-20(30)29-16-7-5-4-6-15(16)28(21(29)31)12-13-8-10-14(23)11-9-13/h4-11,17H,12H2,1-3H3,(H2,24,27)(H,25,30)/t17-/m1/s1. The van der Waals surface area contributed by atoms with Crippen LogP contribution in [0.25, 0.3) is 11.0 Å². The van der Waals surface area contributed by atoms with Gasteiger partial charge >= 0.3 is 17.7 Å². The van der Waals surface area contributed by atoms with Crippen molar-refractivity contribution in [3.8, 4) is 0 Å². The normalized spacial score (nSPS) is 12.8. The van der Waals surface area contributed by atoms with Crippen LogP contribution in [0, 0.1) is 11.2 Å². The Labute approximate surface area is 182 Å². The van der Waals surface area contributed by atoms with Crippen molar-refractivity contribution in [3.05, 3.63) is 76.3 Å². The molecule has 2 aromatic carbocycles. The van der Waals surface area contributed by atoms with Gasteiger partial charge in [0.1, 0.15) is 11.9 Å². The first-order valence-electron chi connectivity index (χ1n) is 9.99. The molecule has 2 aromatic heterocycles. The van der Waals surface area contributed by atoms with Gasteiger partial charge in [0.25, 0.3) is 0 Å². The second kappa shape index (κ2) is 7.95. The SMILES string of the molecule is CC(C)(C)[C@H](NC(=O)n1c(=O)n(Cc2ccc(F)cc2)c2ccccc21)c1nnc(N)o1. The first-order chi connectivity index (χ1) is 15.1. The third kappa shape index (κ3) is 3.98. The monoisotopic (exact) mass is 438 g/mol. The molecule has 0 aliphatic rings. The first kappa shape index (κ1) is 21.3. The van der Waals surface area contributed by atoms with Crippen molar-refractivity contribution in [2.24, 2.45) is 5.41 Å². The van der Waals surface area contributed by atoms with Crippen molar-refractivity contribution in [3.63, 3.8) is 0 Å². The number of rotatable bonds is 4. The number of hydrogen-bond donors (Lipinski definition) is 2. The summed E-state index contributed by atoms with van der Waals surface area (Å²) in [5.41, 5.74) is 6.26. The van der Waals surface area contributed by atoms with Crippen molar-refractivity contribution in [1.82, 2.24) is 24.6 Å². The second-order valence-electron chi connectivity index (χ2n) is 8.55. The molecule has 0 saturated heterocycles. The van der Waals surface area contributed by atoms with Gasteiger partial charge in [-0.05, 0) is 35.2 Å². The Bertz CT molecular complexity index is 1330. The highest BCUT2D eigenvalue weighted by molar-refractivity contribution is 5.89. The van der Waals surface area contributed by atoms with Gasteiger partial charge in [0, 0.05) is 0 Å². The fraction of sp³-hybridized carbons (Fsp3) is 0.273. The number of fused-ring (bicyclic) bond motifs is 1. The van der Waals surface area contributed by atoms with Gasteiger partial charge in [0.2, 0.25) is 5.89 Å². The average molecular weight is 438 g/mol. The molecule has 166 valence electrons. The highest BCUT2D eigenvalue weighted by Gasteiger charge is 2.34. The lowest BCUT2D eigenvalue weighted by Crippen LogP contribution is -2.42. The van der Waals surface area contributed by atoms with Crippen molar-refractivity contribution in [1.29, 1.82) is 0 Å². The summed E-state index contributed by atoms with van der Waals surface area (Å²) in [7, 11) is 0. The molecule has 0 unspecified atom stereocenters. The molecule has 0 aliphatic heterocycles. The van der Waals surface area contributed by atoms with Gasteiger partial charge in [-0.15, -0.1) is 5.10 Å². The minimum absolute atomic E-state index is 0.114. The molecule has 0 saturated carbocycles. The Hall–Kier alpha value is -3.95. The quantitative estimate of drug-likeness (QED) is 0.504. The van der Waals surface area contributed by atoms with Gasteiger partial charge in [-0.3, -0.25) is 4.57 Å². The van der Waals surface area contributed by atoms with Crippen LogP contribution in [-0.2, 0) is 6.54 Å². The predicted octanol–water partition coefficient (Wildman–Crippen LogP) is 3.30. The molecule has 1 amide bonds. The zero-order chi connectivity index (χ0) is 23.0. The number of nitrogen functional groups attached to an aromatic ring is 1. The molecular weight excluding hydrogens is 415 g/mol. The molecule has 1 atom stereocenters. The van der Waals surface area contributed by atoms with E-state index in [9.17, 15) is 14.0 Å². The molecule has 9 nitrogen and oxygen atoms in total. The van der Waals surface area contributed by atoms with Crippen LogP contribution in [0.3, 0.4) is 0 Å². The van der Waals surface area contributed by atoms with Gasteiger partial charge < -0.3 is 15.5 Å². The van der Waals surface area contributed by atoms with Crippen LogP contribution in [0.2, 0.25) is 0 Å². The van der Waals surface area contributed by atoms with Crippen LogP contribution in [0.1, 0.15) is 38.3 Å². The number of nitrogens with two attached hydrogens (primary N) is 1. The summed E-state index contributed by atoms with van der Waals surface area (Å²) in [6, 6.07) is 11.4. The van der Waals surface area contributed by atoms with Crippen LogP contribution >= 0.6 is 0 Å². The van der Waals surface area contributed by atoms with Crippen LogP contribution in [0.5, 0.6) is 0 Å². The molecule has 3 N–H and O–H groups in total. The number of nitrogens with zero attached hydrogens (tertiary/aromatic N) is 4. The number of halogens is 1. The van der Waals surface area contributed by atoms with E-state index in [4.69, 9.17) is 10.2 Å². The lowest BCUT2D eigenvalue weighted by Gasteiger charge is -2.28. The number of aromatic nitrogens is 4. The maximum atomic E-state index is 13.3. The smallest absolute Gasteiger partial charge is 0.337 e. The van der Waals surface area contributed by atoms with Gasteiger partial charge in [-0.25, -0.2) is 18.5 Å². The Balaban J connectivity index is 1.75. The molecule has 32 heavy (non-hydrogen) atoms. The van der Waals surface area contributed by atoms with Gasteiger partial charge in [-0.2, -0.15) is 0 Å². The Kier molecular flexibility index (Phi) is 5.29. The van der Waals surface area contributed by atoms with Gasteiger partial charge in [0.05, 0.1) is 17.6 Å². The maximum absolute atomic E-state index is 13.3. The van der Waals surface area contributed by atoms with E-state index in [2.05, 4.69) is 15.5 Å². The van der Waals surface area contributed by atoms with E-state index in [1.165, 1.54) is 16.7 Å². The molecule has 0 aliphatic carbocycles. The summed E-state index contributed by atoms with van der Waals surface area (Å²) in [5.74, 6) is -0.218. The Morgan fingerprint density at radius 1 is 1.12 bits per heavy atom. The number of para-hydroxylation sites is 2. The lowest BCUT2D eigenvalue weighted by molar-refractivity contribution is 0.206. The molecule has 0 radical (unpaired) electrons. The Morgan fingerprint density at radius 2 is 1.78 bits per heavy atom. The van der Waals surface area contributed by atoms with Crippen LogP contribution in [0.4, 0.5) is 15.2 Å². The highest BCUT2D eigenvalue weighted by atomic mass is 19.1. The van der Waals surface area contributed by atoms with E-state index in [0.717, 1.165) is 10.1 Å². The molecule has 0 fully saturated rings. The van der Waals surface area contributed by atoms with E-state index in [1.807, 2.05) is 20.8 Å². The molecule has 2 heterocycles. The van der Waals surface area contributed by atoms with E-state index in [1.54, 1.807) is 36.4 Å². The number of hydrogen-bond acceptors (Lipinski definition) is 6. The topological polar surface area (TPSA) is 121 Å². The summed E-state index contributed by atoms with van der Waals surface area (Å²) in [4.78, 5) is 26.6. The molecule has 0 bridgehead atoms. The van der Waals surface area contributed by atoms with Crippen LogP contribution in [-0.4, -0.2) is 25.4 Å². The van der Waals surface area contributed by atoms with Crippen LogP contribution < -0.4 is 16.7 Å². The summed E-state index contributed by atoms with van der Waals surface area (Å²) < 4.78 is 21.2. The number of nitrogens with one attached hydrogen (secondary N) is 1. The second-order valence-corrected chi connectivity index (χ2v) is 8.55. The largest absolute Gasteiger partial charge is 0.406 e. The number of imidazole rings is 1. The number of anilines is 1. The molecule has 4 aromatic rings. The summed E-state index contributed by atoms with van der Waals surface area (Å²) in [6.45, 7) is 5.85. The third-order valence-corrected chi connectivity index (χ3v) is 5.13. The summed E-state index contributed by atoms with van der Waals surface area (Å²) >= 11 is 0. The van der Waals surface area contributed by atoms with Gasteiger partial charge in [-0.1, -0.05) is 50.1 Å². The van der Waals surface area contributed by atoms with E-state index in [0.29, 0.717) is 11.0 Å². The molecule has 4 rings (SSSR count). The summed E-state index contributed by atoms with van der Waals surface area (Å²) in [5, 5.41) is 10.4. The van der Waals surface area contributed by atoms with E-state index < -0.39 is 23.2 Å². The summed E-state index contributed by atoms with van der Waals surface area (Å²) in [6.07, 6.45) is 0. The maximum Gasteiger partial charge on any atom is 0.337 e. The van der Waals surface area contributed by atoms with Crippen molar-refractivity contribution in [2.45, 2.75) is 33.4 Å². The number of amides is 1. The van der Waals surface area contributed by atoms with E-state index in [-0.39, 0.29) is 24.3 Å². The first-order valence-corrected chi connectivity index (χ1v) is 9.99. The third-order valence-electron chi connectivity index (χ3n) is 5.13. The molecule has 10 heteroatoms. The van der Waals surface area contributed by atoms with Crippen LogP contribution in [0.15, 0.2) is 57.7 Å². The molecule has 0 spiro atoms. The number of carbonyl (C=O) groups is 1.